The number of likely N-dealkylation sites (tertiary alicyclic amines) is 1. The highest BCUT2D eigenvalue weighted by Crippen LogP contribution is 2.24. The highest BCUT2D eigenvalue weighted by atomic mass is 16.5. The molecule has 1 heterocycles. The second-order valence-corrected chi connectivity index (χ2v) is 5.23. The maximum absolute atomic E-state index is 11.8. The van der Waals surface area contributed by atoms with Crippen molar-refractivity contribution in [3.63, 3.8) is 0 Å². The Morgan fingerprint density at radius 1 is 1.47 bits per heavy atom. The molecule has 1 fully saturated rings. The van der Waals surface area contributed by atoms with E-state index in [4.69, 9.17) is 14.6 Å². The number of rotatable bonds is 7. The molecule has 0 aromatic heterocycles. The van der Waals surface area contributed by atoms with E-state index < -0.39 is 11.6 Å². The van der Waals surface area contributed by atoms with E-state index in [1.807, 2.05) is 6.92 Å². The van der Waals surface area contributed by atoms with Crippen molar-refractivity contribution in [3.8, 4) is 0 Å². The lowest BCUT2D eigenvalue weighted by atomic mass is 9.97. The van der Waals surface area contributed by atoms with E-state index >= 15 is 0 Å². The number of carbonyl (C=O) groups is 2. The molecule has 2 N–H and O–H groups in total. The molecule has 0 aromatic rings. The Labute approximate surface area is 112 Å². The summed E-state index contributed by atoms with van der Waals surface area (Å²) in [7, 11) is 1.62. The van der Waals surface area contributed by atoms with Crippen molar-refractivity contribution < 1.29 is 24.2 Å². The Hall–Kier alpha value is -1.34. The van der Waals surface area contributed by atoms with Gasteiger partial charge in [-0.15, -0.1) is 0 Å². The monoisotopic (exact) mass is 274 g/mol. The Balaban J connectivity index is 2.22. The maximum Gasteiger partial charge on any atom is 0.329 e. The van der Waals surface area contributed by atoms with Gasteiger partial charge in [0, 0.05) is 13.7 Å². The van der Waals surface area contributed by atoms with Crippen molar-refractivity contribution in [2.24, 2.45) is 5.92 Å². The summed E-state index contributed by atoms with van der Waals surface area (Å²) in [6, 6.07) is -0.153. The summed E-state index contributed by atoms with van der Waals surface area (Å²) in [5.41, 5.74) is -0.548. The topological polar surface area (TPSA) is 88.1 Å². The number of carbonyl (C=O) groups excluding carboxylic acids is 1. The first kappa shape index (κ1) is 15.7. The molecular weight excluding hydrogens is 252 g/mol. The van der Waals surface area contributed by atoms with Crippen LogP contribution in [0, 0.1) is 5.92 Å². The molecule has 7 heteroatoms. The molecule has 110 valence electrons. The molecule has 0 radical (unpaired) electrons. The standard InChI is InChI=1S/C12H22N2O5/c1-9(5-18-3)4-13-11(17)14-7-12(2,8-14)19-6-10(15)16/h9H,4-8H2,1-3H3,(H,13,17)(H,15,16). The van der Waals surface area contributed by atoms with Gasteiger partial charge < -0.3 is 24.8 Å². The molecule has 0 aromatic carbocycles. The fourth-order valence-corrected chi connectivity index (χ4v) is 1.95. The average Bonchev–Trinajstić information content (AvgIpc) is 2.30. The van der Waals surface area contributed by atoms with Crippen LogP contribution >= 0.6 is 0 Å². The number of urea groups is 1. The van der Waals surface area contributed by atoms with Gasteiger partial charge in [0.15, 0.2) is 0 Å². The van der Waals surface area contributed by atoms with Crippen molar-refractivity contribution in [1.29, 1.82) is 0 Å². The predicted molar refractivity (Wildman–Crippen MR) is 68.0 cm³/mol. The second-order valence-electron chi connectivity index (χ2n) is 5.23. The zero-order valence-electron chi connectivity index (χ0n) is 11.6. The number of nitrogens with zero attached hydrogens (tertiary/aromatic N) is 1. The van der Waals surface area contributed by atoms with Gasteiger partial charge in [0.2, 0.25) is 0 Å². The summed E-state index contributed by atoms with van der Waals surface area (Å²) in [6.45, 7) is 5.41. The zero-order chi connectivity index (χ0) is 14.5. The van der Waals surface area contributed by atoms with Crippen molar-refractivity contribution in [2.75, 3.05) is 40.0 Å². The van der Waals surface area contributed by atoms with E-state index in [-0.39, 0.29) is 18.6 Å². The first-order valence-electron chi connectivity index (χ1n) is 6.24. The predicted octanol–water partition coefficient (Wildman–Crippen LogP) is 0.154. The molecule has 1 atom stereocenters. The first-order chi connectivity index (χ1) is 8.86. The van der Waals surface area contributed by atoms with Crippen LogP contribution in [0.4, 0.5) is 4.79 Å². The van der Waals surface area contributed by atoms with E-state index in [0.29, 0.717) is 26.2 Å². The van der Waals surface area contributed by atoms with Crippen LogP contribution in [-0.4, -0.2) is 67.6 Å². The number of methoxy groups -OCH3 is 1. The van der Waals surface area contributed by atoms with Gasteiger partial charge in [0.25, 0.3) is 0 Å². The number of carboxylic acid groups (broad SMARTS) is 1. The number of aliphatic carboxylic acids is 1. The number of carboxylic acids is 1. The normalized spacial score (nSPS) is 18.6. The van der Waals surface area contributed by atoms with Crippen LogP contribution in [0.2, 0.25) is 0 Å². The number of nitrogens with one attached hydrogen (secondary N) is 1. The lowest BCUT2D eigenvalue weighted by Crippen LogP contribution is -2.65. The summed E-state index contributed by atoms with van der Waals surface area (Å²) >= 11 is 0. The molecule has 2 amide bonds. The number of ether oxygens (including phenoxy) is 2. The van der Waals surface area contributed by atoms with Crippen molar-refractivity contribution in [2.45, 2.75) is 19.4 Å². The van der Waals surface area contributed by atoms with Gasteiger partial charge in [-0.25, -0.2) is 9.59 Å². The van der Waals surface area contributed by atoms with Crippen molar-refractivity contribution in [3.05, 3.63) is 0 Å². The molecule has 1 unspecified atom stereocenters. The second kappa shape index (κ2) is 6.72. The molecule has 0 bridgehead atoms. The van der Waals surface area contributed by atoms with Crippen LogP contribution in [-0.2, 0) is 14.3 Å². The molecule has 1 aliphatic rings. The van der Waals surface area contributed by atoms with Crippen molar-refractivity contribution >= 4 is 12.0 Å². The van der Waals surface area contributed by atoms with Crippen LogP contribution in [0.15, 0.2) is 0 Å². The van der Waals surface area contributed by atoms with Crippen LogP contribution in [0.5, 0.6) is 0 Å². The smallest absolute Gasteiger partial charge is 0.329 e. The summed E-state index contributed by atoms with van der Waals surface area (Å²) in [5.74, 6) is -0.748. The number of hydrogen-bond donors (Lipinski definition) is 2. The third-order valence-electron chi connectivity index (χ3n) is 2.93. The Morgan fingerprint density at radius 2 is 2.11 bits per heavy atom. The SMILES string of the molecule is COCC(C)CNC(=O)N1CC(C)(OCC(=O)O)C1. The fourth-order valence-electron chi connectivity index (χ4n) is 1.95. The Morgan fingerprint density at radius 3 is 2.63 bits per heavy atom. The molecule has 0 spiro atoms. The lowest BCUT2D eigenvalue weighted by Gasteiger charge is -2.47. The molecule has 1 rings (SSSR count). The van der Waals surface area contributed by atoms with Crippen LogP contribution in [0.3, 0.4) is 0 Å². The van der Waals surface area contributed by atoms with Crippen molar-refractivity contribution in [1.82, 2.24) is 10.2 Å². The Bertz CT molecular complexity index is 328. The van der Waals surface area contributed by atoms with Gasteiger partial charge in [-0.2, -0.15) is 0 Å². The molecule has 0 aliphatic carbocycles. The van der Waals surface area contributed by atoms with E-state index in [1.54, 1.807) is 18.9 Å². The molecule has 0 saturated carbocycles. The minimum atomic E-state index is -1.00. The quantitative estimate of drug-likeness (QED) is 0.690. The van der Waals surface area contributed by atoms with Crippen LogP contribution in [0.25, 0.3) is 0 Å². The first-order valence-corrected chi connectivity index (χ1v) is 6.24. The number of amides is 2. The lowest BCUT2D eigenvalue weighted by molar-refractivity contribution is -0.159. The van der Waals surface area contributed by atoms with E-state index in [9.17, 15) is 9.59 Å². The van der Waals surface area contributed by atoms with Gasteiger partial charge in [-0.3, -0.25) is 0 Å². The van der Waals surface area contributed by atoms with E-state index in [0.717, 1.165) is 0 Å². The fraction of sp³-hybridized carbons (Fsp3) is 0.833. The van der Waals surface area contributed by atoms with Gasteiger partial charge in [-0.1, -0.05) is 6.92 Å². The largest absolute Gasteiger partial charge is 0.480 e. The van der Waals surface area contributed by atoms with E-state index in [2.05, 4.69) is 5.32 Å². The molecular formula is C12H22N2O5. The third kappa shape index (κ3) is 5.04. The minimum absolute atomic E-state index is 0.153. The maximum atomic E-state index is 11.8. The Kier molecular flexibility index (Phi) is 5.56. The molecule has 7 nitrogen and oxygen atoms in total. The summed E-state index contributed by atoms with van der Waals surface area (Å²) < 4.78 is 10.2. The van der Waals surface area contributed by atoms with Gasteiger partial charge in [-0.05, 0) is 12.8 Å². The minimum Gasteiger partial charge on any atom is -0.480 e. The molecule has 19 heavy (non-hydrogen) atoms. The average molecular weight is 274 g/mol. The summed E-state index contributed by atoms with van der Waals surface area (Å²) in [6.07, 6.45) is 0. The summed E-state index contributed by atoms with van der Waals surface area (Å²) in [5, 5.41) is 11.3. The van der Waals surface area contributed by atoms with Crippen LogP contribution in [0.1, 0.15) is 13.8 Å². The summed E-state index contributed by atoms with van der Waals surface area (Å²) in [4.78, 5) is 23.8. The van der Waals surface area contributed by atoms with Crippen LogP contribution < -0.4 is 5.32 Å². The number of hydrogen-bond acceptors (Lipinski definition) is 4. The van der Waals surface area contributed by atoms with Gasteiger partial charge in [0.1, 0.15) is 12.2 Å². The molecule has 1 saturated heterocycles. The highest BCUT2D eigenvalue weighted by Gasteiger charge is 2.42. The molecule has 1 aliphatic heterocycles. The third-order valence-corrected chi connectivity index (χ3v) is 2.93. The van der Waals surface area contributed by atoms with Gasteiger partial charge in [0.05, 0.1) is 19.7 Å². The van der Waals surface area contributed by atoms with Gasteiger partial charge >= 0.3 is 12.0 Å². The van der Waals surface area contributed by atoms with E-state index in [1.165, 1.54) is 0 Å². The highest BCUT2D eigenvalue weighted by molar-refractivity contribution is 5.75. The zero-order valence-corrected chi connectivity index (χ0v) is 11.6.